The summed E-state index contributed by atoms with van der Waals surface area (Å²) in [7, 11) is 0. The Labute approximate surface area is 138 Å². The Kier molecular flexibility index (Phi) is 4.12. The van der Waals surface area contributed by atoms with Gasteiger partial charge in [0.2, 0.25) is 5.91 Å². The third-order valence-electron chi connectivity index (χ3n) is 5.61. The standard InChI is InChI=1S/C19H26N2O2/c22-18(13-21-11-15-6-2-3-7-16(15)12-21)20-17-10-19(23-14-17)8-4-1-5-9-19/h2-3,6-7,17H,1,4-5,8-14H2,(H,20,22)/t17-/m0/s1. The number of ether oxygens (including phenoxy) is 1. The Morgan fingerprint density at radius 1 is 1.17 bits per heavy atom. The smallest absolute Gasteiger partial charge is 0.234 e. The molecule has 4 rings (SSSR count). The summed E-state index contributed by atoms with van der Waals surface area (Å²) in [6.45, 7) is 2.94. The first-order valence-electron chi connectivity index (χ1n) is 8.95. The summed E-state index contributed by atoms with van der Waals surface area (Å²) in [5.74, 6) is 0.138. The second-order valence-corrected chi connectivity index (χ2v) is 7.44. The van der Waals surface area contributed by atoms with Gasteiger partial charge in [0.05, 0.1) is 24.8 Å². The third kappa shape index (κ3) is 3.29. The van der Waals surface area contributed by atoms with Gasteiger partial charge in [-0.25, -0.2) is 0 Å². The molecule has 1 spiro atoms. The number of carbonyl (C=O) groups is 1. The van der Waals surface area contributed by atoms with Crippen LogP contribution in [0.2, 0.25) is 0 Å². The van der Waals surface area contributed by atoms with Crippen LogP contribution in [-0.4, -0.2) is 35.6 Å². The quantitative estimate of drug-likeness (QED) is 0.932. The van der Waals surface area contributed by atoms with Gasteiger partial charge in [0.15, 0.2) is 0 Å². The van der Waals surface area contributed by atoms with Crippen molar-refractivity contribution >= 4 is 5.91 Å². The van der Waals surface area contributed by atoms with Gasteiger partial charge < -0.3 is 10.1 Å². The molecule has 4 heteroatoms. The number of nitrogens with one attached hydrogen (secondary N) is 1. The zero-order chi connectivity index (χ0) is 15.7. The van der Waals surface area contributed by atoms with Gasteiger partial charge in [0.25, 0.3) is 0 Å². The summed E-state index contributed by atoms with van der Waals surface area (Å²) in [6.07, 6.45) is 7.21. The first kappa shape index (κ1) is 15.2. The molecule has 1 N–H and O–H groups in total. The molecule has 124 valence electrons. The SMILES string of the molecule is O=C(CN1Cc2ccccc2C1)N[C@@H]1COC2(CCCCC2)C1. The Bertz CT molecular complexity index is 555. The number of benzene rings is 1. The average Bonchev–Trinajstić information content (AvgIpc) is 3.11. The fourth-order valence-corrected chi connectivity index (χ4v) is 4.47. The van der Waals surface area contributed by atoms with E-state index in [0.29, 0.717) is 13.2 Å². The molecule has 0 radical (unpaired) electrons. The lowest BCUT2D eigenvalue weighted by Gasteiger charge is -2.32. The molecule has 2 heterocycles. The maximum absolute atomic E-state index is 12.4. The zero-order valence-electron chi connectivity index (χ0n) is 13.7. The van der Waals surface area contributed by atoms with E-state index in [1.165, 1.54) is 43.2 Å². The summed E-state index contributed by atoms with van der Waals surface area (Å²) in [6, 6.07) is 8.66. The van der Waals surface area contributed by atoms with E-state index in [-0.39, 0.29) is 17.6 Å². The molecule has 0 bridgehead atoms. The Morgan fingerprint density at radius 3 is 2.57 bits per heavy atom. The Morgan fingerprint density at radius 2 is 1.87 bits per heavy atom. The lowest BCUT2D eigenvalue weighted by molar-refractivity contribution is -0.123. The van der Waals surface area contributed by atoms with E-state index in [1.807, 2.05) is 0 Å². The zero-order valence-corrected chi connectivity index (χ0v) is 13.7. The molecular formula is C19H26N2O2. The van der Waals surface area contributed by atoms with Gasteiger partial charge in [-0.3, -0.25) is 9.69 Å². The molecular weight excluding hydrogens is 288 g/mol. The van der Waals surface area contributed by atoms with Crippen LogP contribution in [0.5, 0.6) is 0 Å². The van der Waals surface area contributed by atoms with E-state index in [4.69, 9.17) is 4.74 Å². The molecule has 1 amide bonds. The summed E-state index contributed by atoms with van der Waals surface area (Å²) in [5.41, 5.74) is 2.77. The number of hydrogen-bond donors (Lipinski definition) is 1. The van der Waals surface area contributed by atoms with Crippen molar-refractivity contribution in [3.8, 4) is 0 Å². The minimum absolute atomic E-state index is 0.0695. The highest BCUT2D eigenvalue weighted by Crippen LogP contribution is 2.39. The number of hydrogen-bond acceptors (Lipinski definition) is 3. The lowest BCUT2D eigenvalue weighted by atomic mass is 9.82. The fourth-order valence-electron chi connectivity index (χ4n) is 4.47. The molecule has 1 saturated heterocycles. The van der Waals surface area contributed by atoms with E-state index >= 15 is 0 Å². The fraction of sp³-hybridized carbons (Fsp3) is 0.632. The van der Waals surface area contributed by atoms with Gasteiger partial charge in [-0.15, -0.1) is 0 Å². The molecule has 1 aromatic carbocycles. The van der Waals surface area contributed by atoms with Gasteiger partial charge in [-0.05, 0) is 30.4 Å². The monoisotopic (exact) mass is 314 g/mol. The predicted octanol–water partition coefficient (Wildman–Crippen LogP) is 2.61. The van der Waals surface area contributed by atoms with Gasteiger partial charge in [-0.2, -0.15) is 0 Å². The van der Waals surface area contributed by atoms with Gasteiger partial charge in [0.1, 0.15) is 0 Å². The lowest BCUT2D eigenvalue weighted by Crippen LogP contribution is -2.42. The summed E-state index contributed by atoms with van der Waals surface area (Å²) >= 11 is 0. The Hall–Kier alpha value is -1.39. The third-order valence-corrected chi connectivity index (χ3v) is 5.61. The minimum atomic E-state index is 0.0695. The highest BCUT2D eigenvalue weighted by Gasteiger charge is 2.41. The van der Waals surface area contributed by atoms with Crippen molar-refractivity contribution in [1.29, 1.82) is 0 Å². The van der Waals surface area contributed by atoms with Gasteiger partial charge in [0, 0.05) is 13.1 Å². The molecule has 4 nitrogen and oxygen atoms in total. The van der Waals surface area contributed by atoms with E-state index in [2.05, 4.69) is 34.5 Å². The van der Waals surface area contributed by atoms with Crippen LogP contribution in [0.25, 0.3) is 0 Å². The second kappa shape index (κ2) is 6.25. The summed E-state index contributed by atoms with van der Waals surface area (Å²) in [4.78, 5) is 14.6. The first-order chi connectivity index (χ1) is 11.2. The van der Waals surface area contributed by atoms with Crippen LogP contribution in [0.4, 0.5) is 0 Å². The molecule has 0 aromatic heterocycles. The largest absolute Gasteiger partial charge is 0.373 e. The highest BCUT2D eigenvalue weighted by molar-refractivity contribution is 5.78. The van der Waals surface area contributed by atoms with Crippen molar-refractivity contribution in [3.63, 3.8) is 0 Å². The number of rotatable bonds is 3. The molecule has 1 aromatic rings. The van der Waals surface area contributed by atoms with E-state index in [9.17, 15) is 4.79 Å². The van der Waals surface area contributed by atoms with Crippen molar-refractivity contribution in [2.75, 3.05) is 13.2 Å². The Balaban J connectivity index is 1.27. The number of amides is 1. The summed E-state index contributed by atoms with van der Waals surface area (Å²) in [5, 5.41) is 3.20. The van der Waals surface area contributed by atoms with Crippen LogP contribution in [0.3, 0.4) is 0 Å². The molecule has 1 aliphatic carbocycles. The topological polar surface area (TPSA) is 41.6 Å². The van der Waals surface area contributed by atoms with E-state index in [0.717, 1.165) is 19.5 Å². The maximum Gasteiger partial charge on any atom is 0.234 e. The maximum atomic E-state index is 12.4. The van der Waals surface area contributed by atoms with Crippen molar-refractivity contribution in [2.24, 2.45) is 0 Å². The molecule has 3 aliphatic rings. The molecule has 0 unspecified atom stereocenters. The second-order valence-electron chi connectivity index (χ2n) is 7.44. The van der Waals surface area contributed by atoms with E-state index < -0.39 is 0 Å². The van der Waals surface area contributed by atoms with Crippen molar-refractivity contribution in [2.45, 2.75) is 63.3 Å². The number of nitrogens with zero attached hydrogens (tertiary/aromatic N) is 1. The van der Waals surface area contributed by atoms with Crippen LogP contribution in [0, 0.1) is 0 Å². The predicted molar refractivity (Wildman–Crippen MR) is 88.9 cm³/mol. The molecule has 1 saturated carbocycles. The molecule has 2 aliphatic heterocycles. The van der Waals surface area contributed by atoms with Crippen LogP contribution < -0.4 is 5.32 Å². The van der Waals surface area contributed by atoms with E-state index in [1.54, 1.807) is 0 Å². The summed E-state index contributed by atoms with van der Waals surface area (Å²) < 4.78 is 6.09. The minimum Gasteiger partial charge on any atom is -0.373 e. The van der Waals surface area contributed by atoms with Crippen LogP contribution in [0.1, 0.15) is 49.7 Å². The normalized spacial score (nSPS) is 26.3. The van der Waals surface area contributed by atoms with Crippen LogP contribution >= 0.6 is 0 Å². The van der Waals surface area contributed by atoms with Crippen molar-refractivity contribution in [3.05, 3.63) is 35.4 Å². The van der Waals surface area contributed by atoms with Crippen molar-refractivity contribution < 1.29 is 9.53 Å². The van der Waals surface area contributed by atoms with Crippen LogP contribution in [-0.2, 0) is 22.6 Å². The first-order valence-corrected chi connectivity index (χ1v) is 8.95. The highest BCUT2D eigenvalue weighted by atomic mass is 16.5. The number of fused-ring (bicyclic) bond motifs is 1. The average molecular weight is 314 g/mol. The van der Waals surface area contributed by atoms with Crippen molar-refractivity contribution in [1.82, 2.24) is 10.2 Å². The molecule has 1 atom stereocenters. The van der Waals surface area contributed by atoms with Gasteiger partial charge in [-0.1, -0.05) is 43.5 Å². The number of carbonyl (C=O) groups excluding carboxylic acids is 1. The molecule has 23 heavy (non-hydrogen) atoms. The molecule has 2 fully saturated rings. The van der Waals surface area contributed by atoms with Gasteiger partial charge >= 0.3 is 0 Å². The van der Waals surface area contributed by atoms with Crippen LogP contribution in [0.15, 0.2) is 24.3 Å².